The van der Waals surface area contributed by atoms with Gasteiger partial charge in [0, 0.05) is 31.4 Å². The minimum absolute atomic E-state index is 0.489. The first-order valence-corrected chi connectivity index (χ1v) is 7.42. The number of nitrogens with one attached hydrogen (secondary N) is 2. The fourth-order valence-electron chi connectivity index (χ4n) is 1.34. The van der Waals surface area contributed by atoms with Crippen molar-refractivity contribution in [3.63, 3.8) is 0 Å². The monoisotopic (exact) mass is 293 g/mol. The highest BCUT2D eigenvalue weighted by atomic mass is 32.2. The molecule has 108 valence electrons. The van der Waals surface area contributed by atoms with Crippen molar-refractivity contribution in [1.82, 2.24) is 15.6 Å². The molecule has 1 rings (SSSR count). The second-order valence-electron chi connectivity index (χ2n) is 3.76. The minimum Gasteiger partial charge on any atom is -0.383 e. The van der Waals surface area contributed by atoms with E-state index in [0.717, 1.165) is 23.7 Å². The minimum atomic E-state index is 0.489. The molecule has 0 saturated carbocycles. The van der Waals surface area contributed by atoms with Gasteiger partial charge in [0.1, 0.15) is 0 Å². The number of aliphatic imine (C=N–C) groups is 1. The largest absolute Gasteiger partial charge is 0.383 e. The van der Waals surface area contributed by atoms with Gasteiger partial charge >= 0.3 is 0 Å². The predicted octanol–water partition coefficient (Wildman–Crippen LogP) is 0.977. The molecule has 0 aliphatic carbocycles. The van der Waals surface area contributed by atoms with Crippen molar-refractivity contribution in [2.24, 2.45) is 4.99 Å². The van der Waals surface area contributed by atoms with Gasteiger partial charge in [0.2, 0.25) is 5.96 Å². The van der Waals surface area contributed by atoms with Crippen molar-refractivity contribution in [2.45, 2.75) is 5.75 Å². The maximum atomic E-state index is 8.62. The highest BCUT2D eigenvalue weighted by Gasteiger charge is 1.97. The van der Waals surface area contributed by atoms with Gasteiger partial charge in [-0.2, -0.15) is 17.0 Å². The van der Waals surface area contributed by atoms with E-state index in [4.69, 9.17) is 10.00 Å². The molecule has 0 aromatic carbocycles. The Morgan fingerprint density at radius 2 is 2.45 bits per heavy atom. The summed E-state index contributed by atoms with van der Waals surface area (Å²) in [6.45, 7) is 1.79. The molecule has 0 aliphatic rings. The standard InChI is InChI=1S/C13H19N5OS/c1-19-8-6-16-13(18-11-14)17-7-9-20-10-12-4-2-3-5-15-12/h2-5H,6-10H2,1H3,(H2,16,17,18). The van der Waals surface area contributed by atoms with E-state index in [2.05, 4.69) is 20.6 Å². The van der Waals surface area contributed by atoms with Crippen molar-refractivity contribution in [3.05, 3.63) is 30.1 Å². The molecule has 6 nitrogen and oxygen atoms in total. The normalized spacial score (nSPS) is 10.9. The molecular weight excluding hydrogens is 274 g/mol. The Labute approximate surface area is 123 Å². The Hall–Kier alpha value is -1.78. The third-order valence-corrected chi connectivity index (χ3v) is 3.25. The summed E-state index contributed by atoms with van der Waals surface area (Å²) in [7, 11) is 1.62. The van der Waals surface area contributed by atoms with Crippen LogP contribution in [0.4, 0.5) is 0 Å². The molecule has 1 aromatic heterocycles. The van der Waals surface area contributed by atoms with E-state index < -0.39 is 0 Å². The van der Waals surface area contributed by atoms with Crippen LogP contribution in [-0.2, 0) is 10.5 Å². The second kappa shape index (κ2) is 11.1. The van der Waals surface area contributed by atoms with Gasteiger partial charge in [0.25, 0.3) is 0 Å². The number of thioether (sulfide) groups is 1. The van der Waals surface area contributed by atoms with E-state index in [1.54, 1.807) is 25.1 Å². The van der Waals surface area contributed by atoms with Gasteiger partial charge in [-0.1, -0.05) is 6.07 Å². The van der Waals surface area contributed by atoms with Crippen molar-refractivity contribution < 1.29 is 4.74 Å². The highest BCUT2D eigenvalue weighted by molar-refractivity contribution is 7.98. The van der Waals surface area contributed by atoms with Gasteiger partial charge in [0.15, 0.2) is 6.19 Å². The van der Waals surface area contributed by atoms with Crippen LogP contribution in [-0.4, -0.2) is 43.5 Å². The molecule has 1 heterocycles. The van der Waals surface area contributed by atoms with Crippen LogP contribution < -0.4 is 10.6 Å². The molecule has 0 aliphatic heterocycles. The van der Waals surface area contributed by atoms with Gasteiger partial charge in [-0.05, 0) is 12.1 Å². The molecule has 0 spiro atoms. The zero-order valence-corrected chi connectivity index (χ0v) is 12.3. The summed E-state index contributed by atoms with van der Waals surface area (Å²) in [6, 6.07) is 5.90. The number of aromatic nitrogens is 1. The summed E-state index contributed by atoms with van der Waals surface area (Å²) in [5.74, 6) is 2.28. The maximum absolute atomic E-state index is 8.62. The van der Waals surface area contributed by atoms with Crippen LogP contribution >= 0.6 is 11.8 Å². The fraction of sp³-hybridized carbons (Fsp3) is 0.462. The molecule has 0 atom stereocenters. The number of ether oxygens (including phenoxy) is 1. The fourth-order valence-corrected chi connectivity index (χ4v) is 2.11. The molecule has 2 N–H and O–H groups in total. The summed E-state index contributed by atoms with van der Waals surface area (Å²) in [5, 5.41) is 14.2. The number of nitrogens with zero attached hydrogens (tertiary/aromatic N) is 3. The number of rotatable bonds is 8. The van der Waals surface area contributed by atoms with Crippen molar-refractivity contribution in [2.75, 3.05) is 32.6 Å². The molecule has 1 aromatic rings. The molecule has 0 bridgehead atoms. The molecule has 0 unspecified atom stereocenters. The zero-order chi connectivity index (χ0) is 14.5. The van der Waals surface area contributed by atoms with Crippen molar-refractivity contribution in [1.29, 1.82) is 5.26 Å². The Bertz CT molecular complexity index is 432. The number of pyridine rings is 1. The van der Waals surface area contributed by atoms with Crippen LogP contribution in [0.25, 0.3) is 0 Å². The van der Waals surface area contributed by atoms with Crippen LogP contribution in [0.15, 0.2) is 29.4 Å². The smallest absolute Gasteiger partial charge is 0.204 e. The lowest BCUT2D eigenvalue weighted by atomic mass is 10.4. The van der Waals surface area contributed by atoms with Crippen molar-refractivity contribution >= 4 is 17.7 Å². The average molecular weight is 293 g/mol. The van der Waals surface area contributed by atoms with Crippen LogP contribution in [0.5, 0.6) is 0 Å². The Kier molecular flexibility index (Phi) is 9.02. The van der Waals surface area contributed by atoms with Gasteiger partial charge < -0.3 is 10.1 Å². The van der Waals surface area contributed by atoms with Crippen LogP contribution in [0.1, 0.15) is 5.69 Å². The van der Waals surface area contributed by atoms with Crippen LogP contribution in [0.2, 0.25) is 0 Å². The van der Waals surface area contributed by atoms with Gasteiger partial charge in [-0.15, -0.1) is 0 Å². The molecule has 0 saturated heterocycles. The summed E-state index contributed by atoms with van der Waals surface area (Å²) >= 11 is 1.78. The van der Waals surface area contributed by atoms with E-state index >= 15 is 0 Å². The second-order valence-corrected chi connectivity index (χ2v) is 4.87. The summed E-state index contributed by atoms with van der Waals surface area (Å²) in [4.78, 5) is 8.44. The molecule has 0 radical (unpaired) electrons. The van der Waals surface area contributed by atoms with E-state index in [1.165, 1.54) is 0 Å². The molecule has 0 fully saturated rings. The first-order valence-electron chi connectivity index (χ1n) is 6.27. The third kappa shape index (κ3) is 7.61. The summed E-state index contributed by atoms with van der Waals surface area (Å²) < 4.78 is 4.91. The number of hydrogen-bond acceptors (Lipinski definition) is 5. The summed E-state index contributed by atoms with van der Waals surface area (Å²) in [6.07, 6.45) is 3.66. The summed E-state index contributed by atoms with van der Waals surface area (Å²) in [5.41, 5.74) is 1.07. The van der Waals surface area contributed by atoms with E-state index in [-0.39, 0.29) is 0 Å². The topological polar surface area (TPSA) is 82.3 Å². The first-order chi connectivity index (χ1) is 9.86. The molecular formula is C13H19N5OS. The highest BCUT2D eigenvalue weighted by Crippen LogP contribution is 2.07. The quantitative estimate of drug-likeness (QED) is 0.244. The number of guanidine groups is 1. The lowest BCUT2D eigenvalue weighted by molar-refractivity contribution is 0.208. The molecule has 7 heteroatoms. The van der Waals surface area contributed by atoms with Gasteiger partial charge in [-0.25, -0.2) is 0 Å². The van der Waals surface area contributed by atoms with E-state index in [1.807, 2.05) is 24.4 Å². The predicted molar refractivity (Wildman–Crippen MR) is 81.3 cm³/mol. The average Bonchev–Trinajstić information content (AvgIpc) is 2.48. The van der Waals surface area contributed by atoms with Gasteiger partial charge in [0.05, 0.1) is 18.8 Å². The molecule has 0 amide bonds. The number of hydrogen-bond donors (Lipinski definition) is 2. The number of methoxy groups -OCH3 is 1. The first kappa shape index (κ1) is 16.3. The SMILES string of the molecule is COCCN=C(NC#N)NCCSCc1ccccn1. The maximum Gasteiger partial charge on any atom is 0.204 e. The Balaban J connectivity index is 2.17. The zero-order valence-electron chi connectivity index (χ0n) is 11.5. The lowest BCUT2D eigenvalue weighted by Crippen LogP contribution is -2.36. The van der Waals surface area contributed by atoms with Crippen LogP contribution in [0, 0.1) is 11.5 Å². The lowest BCUT2D eigenvalue weighted by Gasteiger charge is -2.07. The van der Waals surface area contributed by atoms with Gasteiger partial charge in [-0.3, -0.25) is 15.3 Å². The Morgan fingerprint density at radius 1 is 1.55 bits per heavy atom. The van der Waals surface area contributed by atoms with E-state index in [9.17, 15) is 0 Å². The third-order valence-electron chi connectivity index (χ3n) is 2.25. The number of nitriles is 1. The Morgan fingerprint density at radius 3 is 3.15 bits per heavy atom. The van der Waals surface area contributed by atoms with Crippen molar-refractivity contribution in [3.8, 4) is 6.19 Å². The van der Waals surface area contributed by atoms with Crippen LogP contribution in [0.3, 0.4) is 0 Å². The van der Waals surface area contributed by atoms with E-state index in [0.29, 0.717) is 19.1 Å². The molecule has 20 heavy (non-hydrogen) atoms.